The van der Waals surface area contributed by atoms with E-state index in [1.807, 2.05) is 0 Å². The van der Waals surface area contributed by atoms with Crippen LogP contribution in [0.25, 0.3) is 0 Å². The predicted molar refractivity (Wildman–Crippen MR) is 76.9 cm³/mol. The van der Waals surface area contributed by atoms with E-state index in [0.717, 1.165) is 18.7 Å². The third kappa shape index (κ3) is 5.11. The van der Waals surface area contributed by atoms with Gasteiger partial charge in [0, 0.05) is 25.2 Å². The molecule has 0 spiro atoms. The zero-order chi connectivity index (χ0) is 14.3. The van der Waals surface area contributed by atoms with Gasteiger partial charge in [-0.1, -0.05) is 13.8 Å². The van der Waals surface area contributed by atoms with Gasteiger partial charge in [-0.2, -0.15) is 5.26 Å². The van der Waals surface area contributed by atoms with Crippen LogP contribution in [0.2, 0.25) is 0 Å². The van der Waals surface area contributed by atoms with Crippen molar-refractivity contribution < 1.29 is 4.79 Å². The number of anilines is 1. The van der Waals surface area contributed by atoms with Crippen LogP contribution in [0.4, 0.5) is 5.69 Å². The van der Waals surface area contributed by atoms with Crippen molar-refractivity contribution in [3.05, 3.63) is 29.8 Å². The summed E-state index contributed by atoms with van der Waals surface area (Å²) in [4.78, 5) is 13.6. The largest absolute Gasteiger partial charge is 0.316 e. The summed E-state index contributed by atoms with van der Waals surface area (Å²) in [6, 6.07) is 9.55. The molecule has 0 heterocycles. The molecule has 0 saturated heterocycles. The van der Waals surface area contributed by atoms with E-state index in [9.17, 15) is 4.79 Å². The van der Waals surface area contributed by atoms with Crippen LogP contribution >= 0.6 is 0 Å². The minimum Gasteiger partial charge on any atom is -0.316 e. The Labute approximate surface area is 115 Å². The molecule has 0 atom stereocenters. The molecule has 1 aromatic rings. The van der Waals surface area contributed by atoms with Gasteiger partial charge in [0.25, 0.3) is 0 Å². The highest BCUT2D eigenvalue weighted by molar-refractivity contribution is 5.92. The van der Waals surface area contributed by atoms with Crippen LogP contribution in [0.5, 0.6) is 0 Å². The molecule has 0 saturated carbocycles. The van der Waals surface area contributed by atoms with Gasteiger partial charge in [-0.3, -0.25) is 4.79 Å². The normalized spacial score (nSPS) is 10.3. The van der Waals surface area contributed by atoms with E-state index in [2.05, 4.69) is 25.2 Å². The Morgan fingerprint density at radius 3 is 2.53 bits per heavy atom. The molecule has 0 aliphatic rings. The number of hydrogen-bond acceptors (Lipinski definition) is 3. The van der Waals surface area contributed by atoms with Gasteiger partial charge in [0.05, 0.1) is 11.6 Å². The summed E-state index contributed by atoms with van der Waals surface area (Å²) < 4.78 is 0. The summed E-state index contributed by atoms with van der Waals surface area (Å²) in [5.74, 6) is 0.0928. The topological polar surface area (TPSA) is 56.1 Å². The first-order valence-electron chi connectivity index (χ1n) is 6.54. The lowest BCUT2D eigenvalue weighted by Gasteiger charge is -2.17. The van der Waals surface area contributed by atoms with Crippen molar-refractivity contribution in [2.45, 2.75) is 32.7 Å². The predicted octanol–water partition coefficient (Wildman–Crippen LogP) is 2.30. The number of nitriles is 1. The summed E-state index contributed by atoms with van der Waals surface area (Å²) in [5, 5.41) is 12.0. The van der Waals surface area contributed by atoms with Crippen molar-refractivity contribution in [1.82, 2.24) is 5.32 Å². The van der Waals surface area contributed by atoms with E-state index in [-0.39, 0.29) is 5.91 Å². The van der Waals surface area contributed by atoms with Crippen molar-refractivity contribution in [2.75, 3.05) is 18.5 Å². The molecule has 19 heavy (non-hydrogen) atoms. The third-order valence-electron chi connectivity index (χ3n) is 2.88. The van der Waals surface area contributed by atoms with Crippen LogP contribution in [0, 0.1) is 11.3 Å². The molecule has 0 unspecified atom stereocenters. The molecule has 102 valence electrons. The van der Waals surface area contributed by atoms with Crippen molar-refractivity contribution >= 4 is 11.6 Å². The summed E-state index contributed by atoms with van der Waals surface area (Å²) in [7, 11) is 1.76. The summed E-state index contributed by atoms with van der Waals surface area (Å²) in [6.45, 7) is 5.03. The van der Waals surface area contributed by atoms with E-state index in [4.69, 9.17) is 5.26 Å². The van der Waals surface area contributed by atoms with Crippen LogP contribution < -0.4 is 10.2 Å². The van der Waals surface area contributed by atoms with Crippen molar-refractivity contribution in [3.63, 3.8) is 0 Å². The lowest BCUT2D eigenvalue weighted by atomic mass is 10.2. The van der Waals surface area contributed by atoms with Crippen molar-refractivity contribution in [1.29, 1.82) is 5.26 Å². The molecule has 0 bridgehead atoms. The SMILES string of the molecule is CC(C)NCCCC(=O)N(C)c1ccc(C#N)cc1. The first-order chi connectivity index (χ1) is 9.04. The average molecular weight is 259 g/mol. The fourth-order valence-corrected chi connectivity index (χ4v) is 1.70. The number of hydrogen-bond donors (Lipinski definition) is 1. The Morgan fingerprint density at radius 2 is 2.00 bits per heavy atom. The number of carbonyl (C=O) groups excluding carboxylic acids is 1. The van der Waals surface area contributed by atoms with Crippen LogP contribution in [-0.2, 0) is 4.79 Å². The van der Waals surface area contributed by atoms with E-state index in [1.165, 1.54) is 0 Å². The molecular weight excluding hydrogens is 238 g/mol. The van der Waals surface area contributed by atoms with Gasteiger partial charge in [0.2, 0.25) is 5.91 Å². The average Bonchev–Trinajstić information content (AvgIpc) is 2.42. The number of amides is 1. The Bertz CT molecular complexity index is 445. The number of carbonyl (C=O) groups is 1. The summed E-state index contributed by atoms with van der Waals surface area (Å²) in [5.41, 5.74) is 1.42. The Balaban J connectivity index is 2.45. The summed E-state index contributed by atoms with van der Waals surface area (Å²) >= 11 is 0. The second-order valence-electron chi connectivity index (χ2n) is 4.82. The standard InChI is InChI=1S/C15H21N3O/c1-12(2)17-10-4-5-15(19)18(3)14-8-6-13(11-16)7-9-14/h6-9,12,17H,4-5,10H2,1-3H3. The second kappa shape index (κ2) is 7.55. The molecule has 1 aromatic carbocycles. The molecule has 1 amide bonds. The molecule has 0 aliphatic carbocycles. The van der Waals surface area contributed by atoms with Crippen molar-refractivity contribution in [2.24, 2.45) is 0 Å². The zero-order valence-electron chi connectivity index (χ0n) is 11.8. The van der Waals surface area contributed by atoms with Gasteiger partial charge in [-0.05, 0) is 37.2 Å². The molecule has 0 fully saturated rings. The molecule has 0 aromatic heterocycles. The number of nitrogens with zero attached hydrogens (tertiary/aromatic N) is 2. The first-order valence-corrected chi connectivity index (χ1v) is 6.54. The van der Waals surface area contributed by atoms with E-state index in [0.29, 0.717) is 18.0 Å². The molecule has 1 rings (SSSR count). The highest BCUT2D eigenvalue weighted by atomic mass is 16.2. The monoisotopic (exact) mass is 259 g/mol. The smallest absolute Gasteiger partial charge is 0.226 e. The van der Waals surface area contributed by atoms with Gasteiger partial charge >= 0.3 is 0 Å². The molecule has 0 aliphatic heterocycles. The lowest BCUT2D eigenvalue weighted by Crippen LogP contribution is -2.28. The first kappa shape index (κ1) is 15.2. The fourth-order valence-electron chi connectivity index (χ4n) is 1.70. The fraction of sp³-hybridized carbons (Fsp3) is 0.467. The quantitative estimate of drug-likeness (QED) is 0.797. The van der Waals surface area contributed by atoms with E-state index < -0.39 is 0 Å². The number of nitrogens with one attached hydrogen (secondary N) is 1. The van der Waals surface area contributed by atoms with Gasteiger partial charge in [0.15, 0.2) is 0 Å². The number of rotatable bonds is 6. The highest BCUT2D eigenvalue weighted by Crippen LogP contribution is 2.14. The van der Waals surface area contributed by atoms with Crippen LogP contribution in [0.15, 0.2) is 24.3 Å². The van der Waals surface area contributed by atoms with Gasteiger partial charge < -0.3 is 10.2 Å². The zero-order valence-corrected chi connectivity index (χ0v) is 11.8. The van der Waals surface area contributed by atoms with Crippen LogP contribution in [0.1, 0.15) is 32.3 Å². The van der Waals surface area contributed by atoms with Crippen LogP contribution in [-0.4, -0.2) is 25.5 Å². The maximum atomic E-state index is 12.0. The van der Waals surface area contributed by atoms with Crippen molar-refractivity contribution in [3.8, 4) is 6.07 Å². The highest BCUT2D eigenvalue weighted by Gasteiger charge is 2.10. The second-order valence-corrected chi connectivity index (χ2v) is 4.82. The Kier molecular flexibility index (Phi) is 6.04. The molecule has 4 heteroatoms. The van der Waals surface area contributed by atoms with E-state index >= 15 is 0 Å². The minimum atomic E-state index is 0.0928. The van der Waals surface area contributed by atoms with E-state index in [1.54, 1.807) is 36.2 Å². The summed E-state index contributed by atoms with van der Waals surface area (Å²) in [6.07, 6.45) is 1.36. The molecule has 1 N–H and O–H groups in total. The van der Waals surface area contributed by atoms with Gasteiger partial charge in [-0.15, -0.1) is 0 Å². The third-order valence-corrected chi connectivity index (χ3v) is 2.88. The molecule has 0 radical (unpaired) electrons. The molecular formula is C15H21N3O. The Morgan fingerprint density at radius 1 is 1.37 bits per heavy atom. The lowest BCUT2D eigenvalue weighted by molar-refractivity contribution is -0.118. The number of benzene rings is 1. The van der Waals surface area contributed by atoms with Gasteiger partial charge in [0.1, 0.15) is 0 Å². The van der Waals surface area contributed by atoms with Gasteiger partial charge in [-0.25, -0.2) is 0 Å². The Hall–Kier alpha value is -1.86. The minimum absolute atomic E-state index is 0.0928. The maximum Gasteiger partial charge on any atom is 0.226 e. The van der Waals surface area contributed by atoms with Crippen LogP contribution in [0.3, 0.4) is 0 Å². The maximum absolute atomic E-state index is 12.0. The molecule has 4 nitrogen and oxygen atoms in total.